The summed E-state index contributed by atoms with van der Waals surface area (Å²) < 4.78 is 7.03. The van der Waals surface area contributed by atoms with E-state index in [4.69, 9.17) is 4.74 Å². The van der Waals surface area contributed by atoms with Gasteiger partial charge in [0.05, 0.1) is 13.0 Å². The quantitative estimate of drug-likeness (QED) is 0.632. The maximum atomic E-state index is 5.03. The molecule has 0 aromatic carbocycles. The first-order valence-electron chi connectivity index (χ1n) is 3.58. The van der Waals surface area contributed by atoms with Crippen LogP contribution in [-0.2, 0) is 12.3 Å². The first kappa shape index (κ1) is 7.03. The van der Waals surface area contributed by atoms with Gasteiger partial charge in [-0.2, -0.15) is 0 Å². The van der Waals surface area contributed by atoms with Gasteiger partial charge in [-0.1, -0.05) is 0 Å². The maximum absolute atomic E-state index is 5.03. The number of hydrogen-bond acceptors (Lipinski definition) is 3. The number of nitrogens with zero attached hydrogens (tertiary/aromatic N) is 2. The van der Waals surface area contributed by atoms with Crippen molar-refractivity contribution < 1.29 is 4.74 Å². The van der Waals surface area contributed by atoms with Crippen LogP contribution in [0, 0.1) is 0 Å². The lowest BCUT2D eigenvalue weighted by Crippen LogP contribution is -2.09. The Balaban J connectivity index is 2.32. The molecule has 0 bridgehead atoms. The second-order valence-corrected chi connectivity index (χ2v) is 3.54. The molecule has 1 aromatic rings. The van der Waals surface area contributed by atoms with Crippen molar-refractivity contribution in [3.63, 3.8) is 0 Å². The van der Waals surface area contributed by atoms with Gasteiger partial charge in [-0.05, 0) is 6.42 Å². The van der Waals surface area contributed by atoms with Crippen molar-refractivity contribution in [3.05, 3.63) is 11.8 Å². The lowest BCUT2D eigenvalue weighted by Gasteiger charge is -2.11. The highest BCUT2D eigenvalue weighted by atomic mass is 32.2. The Morgan fingerprint density at radius 2 is 2.64 bits per heavy atom. The number of thioether (sulfide) groups is 1. The molecule has 0 unspecified atom stereocenters. The van der Waals surface area contributed by atoms with Crippen molar-refractivity contribution in [2.24, 2.45) is 0 Å². The zero-order valence-corrected chi connectivity index (χ0v) is 7.23. The molecule has 1 aromatic heterocycles. The number of hydrogen-bond donors (Lipinski definition) is 0. The van der Waals surface area contributed by atoms with Crippen LogP contribution in [0.4, 0.5) is 0 Å². The molecule has 0 N–H and O–H groups in total. The van der Waals surface area contributed by atoms with Crippen molar-refractivity contribution in [1.82, 2.24) is 9.78 Å². The Hall–Kier alpha value is -0.640. The second kappa shape index (κ2) is 2.77. The van der Waals surface area contributed by atoms with Crippen molar-refractivity contribution in [2.75, 3.05) is 12.9 Å². The molecule has 0 amide bonds. The van der Waals surface area contributed by atoms with Crippen molar-refractivity contribution in [1.29, 1.82) is 0 Å². The number of ether oxygens (including phenoxy) is 1. The molecule has 0 radical (unpaired) electrons. The van der Waals surface area contributed by atoms with E-state index in [9.17, 15) is 0 Å². The van der Waals surface area contributed by atoms with E-state index in [1.165, 1.54) is 11.4 Å². The van der Waals surface area contributed by atoms with E-state index in [2.05, 4.69) is 5.10 Å². The first-order valence-corrected chi connectivity index (χ1v) is 4.74. The highest BCUT2D eigenvalue weighted by Crippen LogP contribution is 2.21. The topological polar surface area (TPSA) is 27.1 Å². The van der Waals surface area contributed by atoms with Crippen LogP contribution in [0.1, 0.15) is 5.69 Å². The van der Waals surface area contributed by atoms with Crippen molar-refractivity contribution in [2.45, 2.75) is 12.3 Å². The molecule has 1 aliphatic rings. The largest absolute Gasteiger partial charge is 0.480 e. The van der Waals surface area contributed by atoms with E-state index >= 15 is 0 Å². The number of rotatable bonds is 1. The standard InChI is InChI=1S/C7H10N2OS/c1-10-7-4-6-2-3-11-5-9(6)8-7/h4H,2-3,5H2,1H3. The van der Waals surface area contributed by atoms with Crippen LogP contribution >= 0.6 is 11.8 Å². The Bertz CT molecular complexity index is 235. The van der Waals surface area contributed by atoms with E-state index in [0.717, 1.165) is 18.2 Å². The van der Waals surface area contributed by atoms with Crippen LogP contribution in [0.3, 0.4) is 0 Å². The smallest absolute Gasteiger partial charge is 0.232 e. The molecular formula is C7H10N2OS. The Morgan fingerprint density at radius 1 is 1.73 bits per heavy atom. The molecule has 2 rings (SSSR count). The van der Waals surface area contributed by atoms with Crippen LogP contribution in [0.5, 0.6) is 5.88 Å². The minimum atomic E-state index is 0.738. The minimum absolute atomic E-state index is 0.738. The SMILES string of the molecule is COc1cc2n(n1)CSCC2. The summed E-state index contributed by atoms with van der Waals surface area (Å²) in [6.07, 6.45) is 1.11. The summed E-state index contributed by atoms with van der Waals surface area (Å²) in [7, 11) is 1.65. The first-order chi connectivity index (χ1) is 5.40. The fourth-order valence-corrected chi connectivity index (χ4v) is 2.05. The third-order valence-corrected chi connectivity index (χ3v) is 2.69. The van der Waals surface area contributed by atoms with Gasteiger partial charge in [0.15, 0.2) is 0 Å². The molecule has 2 heterocycles. The molecule has 4 heteroatoms. The average molecular weight is 170 g/mol. The molecule has 0 spiro atoms. The summed E-state index contributed by atoms with van der Waals surface area (Å²) in [4.78, 5) is 0. The molecule has 0 saturated carbocycles. The van der Waals surface area contributed by atoms with E-state index in [0.29, 0.717) is 0 Å². The lowest BCUT2D eigenvalue weighted by molar-refractivity contribution is 0.391. The summed E-state index contributed by atoms with van der Waals surface area (Å²) in [5, 5.41) is 4.24. The van der Waals surface area contributed by atoms with Gasteiger partial charge in [0.25, 0.3) is 0 Å². The van der Waals surface area contributed by atoms with Crippen LogP contribution in [-0.4, -0.2) is 22.6 Å². The monoisotopic (exact) mass is 170 g/mol. The minimum Gasteiger partial charge on any atom is -0.480 e. The van der Waals surface area contributed by atoms with Crippen LogP contribution in [0.25, 0.3) is 0 Å². The predicted octanol–water partition coefficient (Wildman–Crippen LogP) is 1.14. The predicted molar refractivity (Wildman–Crippen MR) is 44.9 cm³/mol. The molecule has 0 atom stereocenters. The molecule has 3 nitrogen and oxygen atoms in total. The number of aryl methyl sites for hydroxylation is 1. The average Bonchev–Trinajstić information content (AvgIpc) is 2.46. The van der Waals surface area contributed by atoms with Gasteiger partial charge in [-0.3, -0.25) is 4.68 Å². The number of fused-ring (bicyclic) bond motifs is 1. The molecule has 11 heavy (non-hydrogen) atoms. The third kappa shape index (κ3) is 1.22. The number of methoxy groups -OCH3 is 1. The molecule has 0 saturated heterocycles. The third-order valence-electron chi connectivity index (χ3n) is 1.77. The fourth-order valence-electron chi connectivity index (χ4n) is 1.17. The van der Waals surface area contributed by atoms with Crippen LogP contribution in [0.15, 0.2) is 6.07 Å². The van der Waals surface area contributed by atoms with Crippen molar-refractivity contribution >= 4 is 11.8 Å². The molecule has 60 valence electrons. The summed E-state index contributed by atoms with van der Waals surface area (Å²) in [5.41, 5.74) is 1.29. The van der Waals surface area contributed by atoms with Crippen LogP contribution in [0.2, 0.25) is 0 Å². The highest BCUT2D eigenvalue weighted by molar-refractivity contribution is 7.98. The molecule has 1 aliphatic heterocycles. The molecule has 0 fully saturated rings. The Labute approximate surface area is 69.7 Å². The van der Waals surface area contributed by atoms with E-state index in [-0.39, 0.29) is 0 Å². The fraction of sp³-hybridized carbons (Fsp3) is 0.571. The van der Waals surface area contributed by atoms with Gasteiger partial charge in [0.1, 0.15) is 0 Å². The van der Waals surface area contributed by atoms with E-state index in [1.54, 1.807) is 7.11 Å². The van der Waals surface area contributed by atoms with Gasteiger partial charge in [-0.25, -0.2) is 0 Å². The lowest BCUT2D eigenvalue weighted by atomic mass is 10.3. The summed E-state index contributed by atoms with van der Waals surface area (Å²) in [6, 6.07) is 2.01. The normalized spacial score (nSPS) is 16.1. The van der Waals surface area contributed by atoms with Gasteiger partial charge in [-0.15, -0.1) is 16.9 Å². The van der Waals surface area contributed by atoms with E-state index < -0.39 is 0 Å². The second-order valence-electron chi connectivity index (χ2n) is 2.46. The number of aromatic nitrogens is 2. The maximum Gasteiger partial charge on any atom is 0.232 e. The van der Waals surface area contributed by atoms with Gasteiger partial charge >= 0.3 is 0 Å². The van der Waals surface area contributed by atoms with Gasteiger partial charge in [0, 0.05) is 17.5 Å². The van der Waals surface area contributed by atoms with E-state index in [1.807, 2.05) is 22.5 Å². The summed E-state index contributed by atoms with van der Waals surface area (Å²) in [6.45, 7) is 0. The summed E-state index contributed by atoms with van der Waals surface area (Å²) in [5.74, 6) is 2.91. The van der Waals surface area contributed by atoms with Gasteiger partial charge in [0.2, 0.25) is 5.88 Å². The Kier molecular flexibility index (Phi) is 1.77. The Morgan fingerprint density at radius 3 is 3.36 bits per heavy atom. The van der Waals surface area contributed by atoms with Crippen molar-refractivity contribution in [3.8, 4) is 5.88 Å². The van der Waals surface area contributed by atoms with Gasteiger partial charge < -0.3 is 4.74 Å². The zero-order chi connectivity index (χ0) is 7.68. The molecule has 0 aliphatic carbocycles. The zero-order valence-electron chi connectivity index (χ0n) is 6.41. The summed E-state index contributed by atoms with van der Waals surface area (Å²) >= 11 is 1.91. The highest BCUT2D eigenvalue weighted by Gasteiger charge is 2.11. The van der Waals surface area contributed by atoms with Crippen LogP contribution < -0.4 is 4.74 Å². The molecular weight excluding hydrogens is 160 g/mol.